The van der Waals surface area contributed by atoms with E-state index in [1.807, 2.05) is 13.8 Å². The van der Waals surface area contributed by atoms with Gasteiger partial charge in [-0.3, -0.25) is 4.79 Å². The number of rotatable bonds is 3. The molecule has 3 rings (SSSR count). The molecule has 0 bridgehead atoms. The van der Waals surface area contributed by atoms with Crippen molar-refractivity contribution in [1.29, 1.82) is 0 Å². The Labute approximate surface area is 122 Å². The van der Waals surface area contributed by atoms with Crippen molar-refractivity contribution in [2.75, 3.05) is 6.54 Å². The summed E-state index contributed by atoms with van der Waals surface area (Å²) in [6.07, 6.45) is 5.29. The number of amides is 1. The van der Waals surface area contributed by atoms with Gasteiger partial charge in [0.05, 0.1) is 11.1 Å². The largest absolute Gasteiger partial charge is 0.356 e. The Hall–Kier alpha value is -1.55. The summed E-state index contributed by atoms with van der Waals surface area (Å²) >= 11 is 6.10. The van der Waals surface area contributed by atoms with Crippen molar-refractivity contribution in [3.8, 4) is 0 Å². The van der Waals surface area contributed by atoms with Crippen LogP contribution in [0.15, 0.2) is 6.20 Å². The number of aromatic amines is 1. The lowest BCUT2D eigenvalue weighted by atomic mass is 9.85. The van der Waals surface area contributed by atoms with E-state index in [0.29, 0.717) is 16.6 Å². The van der Waals surface area contributed by atoms with E-state index >= 15 is 0 Å². The molecule has 0 aliphatic heterocycles. The molecule has 5 heteroatoms. The number of carbonyl (C=O) groups excluding carboxylic acids is 1. The van der Waals surface area contributed by atoms with Gasteiger partial charge in [-0.25, -0.2) is 4.98 Å². The number of aryl methyl sites for hydroxylation is 2. The van der Waals surface area contributed by atoms with Crippen LogP contribution in [0.25, 0.3) is 10.9 Å². The number of carbonyl (C=O) groups is 1. The first-order valence-corrected chi connectivity index (χ1v) is 7.37. The van der Waals surface area contributed by atoms with Crippen molar-refractivity contribution < 1.29 is 4.79 Å². The Balaban J connectivity index is 1.93. The molecular weight excluding hydrogens is 274 g/mol. The van der Waals surface area contributed by atoms with Crippen LogP contribution < -0.4 is 5.32 Å². The maximum Gasteiger partial charge on any atom is 0.253 e. The normalized spacial score (nSPS) is 15.3. The minimum Gasteiger partial charge on any atom is -0.356 e. The standard InChI is InChI=1S/C15H18ClN3O/c1-8-9(2)19-13-12(8)11(7-17-14(13)16)15(20)18-6-10-4-3-5-10/h7,10,19H,3-6H2,1-2H3,(H,18,20). The molecule has 0 spiro atoms. The number of nitrogens with one attached hydrogen (secondary N) is 2. The highest BCUT2D eigenvalue weighted by Crippen LogP contribution is 2.29. The van der Waals surface area contributed by atoms with E-state index in [9.17, 15) is 4.79 Å². The van der Waals surface area contributed by atoms with Crippen molar-refractivity contribution in [3.63, 3.8) is 0 Å². The van der Waals surface area contributed by atoms with Gasteiger partial charge < -0.3 is 10.3 Å². The van der Waals surface area contributed by atoms with E-state index in [2.05, 4.69) is 15.3 Å². The summed E-state index contributed by atoms with van der Waals surface area (Å²) in [5, 5.41) is 4.31. The molecular formula is C15H18ClN3O. The molecule has 2 N–H and O–H groups in total. The first kappa shape index (κ1) is 13.4. The summed E-state index contributed by atoms with van der Waals surface area (Å²) < 4.78 is 0. The Morgan fingerprint density at radius 3 is 2.90 bits per heavy atom. The smallest absolute Gasteiger partial charge is 0.253 e. The van der Waals surface area contributed by atoms with Crippen molar-refractivity contribution in [2.45, 2.75) is 33.1 Å². The fourth-order valence-corrected chi connectivity index (χ4v) is 2.85. The summed E-state index contributed by atoms with van der Waals surface area (Å²) in [5.74, 6) is 0.580. The first-order valence-electron chi connectivity index (χ1n) is 6.99. The van der Waals surface area contributed by atoms with Crippen molar-refractivity contribution in [2.24, 2.45) is 5.92 Å². The number of aromatic nitrogens is 2. The molecule has 0 radical (unpaired) electrons. The molecule has 20 heavy (non-hydrogen) atoms. The van der Waals surface area contributed by atoms with E-state index < -0.39 is 0 Å². The molecule has 0 atom stereocenters. The van der Waals surface area contributed by atoms with Gasteiger partial charge in [-0.15, -0.1) is 0 Å². The van der Waals surface area contributed by atoms with E-state index in [1.54, 1.807) is 6.20 Å². The summed E-state index contributed by atoms with van der Waals surface area (Å²) in [6, 6.07) is 0. The van der Waals surface area contributed by atoms with E-state index in [1.165, 1.54) is 19.3 Å². The van der Waals surface area contributed by atoms with Crippen LogP contribution in [0.1, 0.15) is 40.9 Å². The third-order valence-corrected chi connectivity index (χ3v) is 4.59. The average Bonchev–Trinajstić information content (AvgIpc) is 2.66. The molecule has 1 amide bonds. The van der Waals surface area contributed by atoms with E-state index in [4.69, 9.17) is 11.6 Å². The van der Waals surface area contributed by atoms with Gasteiger partial charge in [0.25, 0.3) is 5.91 Å². The SMILES string of the molecule is Cc1[nH]c2c(Cl)ncc(C(=O)NCC3CCC3)c2c1C. The molecule has 106 valence electrons. The molecule has 0 unspecified atom stereocenters. The molecule has 1 aliphatic rings. The highest BCUT2D eigenvalue weighted by molar-refractivity contribution is 6.34. The molecule has 2 heterocycles. The zero-order valence-electron chi connectivity index (χ0n) is 11.7. The summed E-state index contributed by atoms with van der Waals surface area (Å²) in [5.41, 5.74) is 3.42. The monoisotopic (exact) mass is 291 g/mol. The van der Waals surface area contributed by atoms with Crippen molar-refractivity contribution in [1.82, 2.24) is 15.3 Å². The molecule has 4 nitrogen and oxygen atoms in total. The number of fused-ring (bicyclic) bond motifs is 1. The number of H-pyrrole nitrogens is 1. The summed E-state index contributed by atoms with van der Waals surface area (Å²) in [7, 11) is 0. The van der Waals surface area contributed by atoms with E-state index in [0.717, 1.165) is 28.7 Å². The zero-order chi connectivity index (χ0) is 14.3. The van der Waals surface area contributed by atoms with Gasteiger partial charge in [0.15, 0.2) is 5.15 Å². The lowest BCUT2D eigenvalue weighted by molar-refractivity contribution is 0.0940. The quantitative estimate of drug-likeness (QED) is 0.852. The molecule has 0 aromatic carbocycles. The predicted molar refractivity (Wildman–Crippen MR) is 80.3 cm³/mol. The zero-order valence-corrected chi connectivity index (χ0v) is 12.5. The maximum absolute atomic E-state index is 12.4. The molecule has 1 aliphatic carbocycles. The fourth-order valence-electron chi connectivity index (χ4n) is 2.66. The molecule has 2 aromatic heterocycles. The second-order valence-electron chi connectivity index (χ2n) is 5.59. The van der Waals surface area contributed by atoms with Crippen molar-refractivity contribution >= 4 is 28.4 Å². The minimum atomic E-state index is -0.0619. The molecule has 2 aromatic rings. The summed E-state index contributed by atoms with van der Waals surface area (Å²) in [6.45, 7) is 4.72. The number of pyridine rings is 1. The highest BCUT2D eigenvalue weighted by atomic mass is 35.5. The topological polar surface area (TPSA) is 57.8 Å². The Bertz CT molecular complexity index is 673. The Kier molecular flexibility index (Phi) is 3.42. The number of hydrogen-bond acceptors (Lipinski definition) is 2. The predicted octanol–water partition coefficient (Wildman–Crippen LogP) is 3.36. The third-order valence-electron chi connectivity index (χ3n) is 4.30. The lowest BCUT2D eigenvalue weighted by Gasteiger charge is -2.25. The van der Waals surface area contributed by atoms with Gasteiger partial charge in [0.2, 0.25) is 0 Å². The van der Waals surface area contributed by atoms with Crippen LogP contribution in [0.2, 0.25) is 5.15 Å². The maximum atomic E-state index is 12.4. The first-order chi connectivity index (χ1) is 9.58. The van der Waals surface area contributed by atoms with Crippen LogP contribution in [-0.4, -0.2) is 22.4 Å². The van der Waals surface area contributed by atoms with Gasteiger partial charge in [0.1, 0.15) is 0 Å². The third kappa shape index (κ3) is 2.18. The van der Waals surface area contributed by atoms with Crippen LogP contribution >= 0.6 is 11.6 Å². The van der Waals surface area contributed by atoms with Gasteiger partial charge in [-0.1, -0.05) is 18.0 Å². The minimum absolute atomic E-state index is 0.0619. The van der Waals surface area contributed by atoms with Crippen LogP contribution in [0.4, 0.5) is 0 Å². The van der Waals surface area contributed by atoms with Crippen LogP contribution in [-0.2, 0) is 0 Å². The Morgan fingerprint density at radius 2 is 2.25 bits per heavy atom. The van der Waals surface area contributed by atoms with Crippen molar-refractivity contribution in [3.05, 3.63) is 28.2 Å². The van der Waals surface area contributed by atoms with Gasteiger partial charge in [-0.2, -0.15) is 0 Å². The Morgan fingerprint density at radius 1 is 1.50 bits per heavy atom. The second kappa shape index (κ2) is 5.09. The second-order valence-corrected chi connectivity index (χ2v) is 5.95. The number of nitrogens with zero attached hydrogens (tertiary/aromatic N) is 1. The highest BCUT2D eigenvalue weighted by Gasteiger charge is 2.21. The lowest BCUT2D eigenvalue weighted by Crippen LogP contribution is -2.32. The molecule has 1 fully saturated rings. The number of halogens is 1. The molecule has 0 saturated heterocycles. The van der Waals surface area contributed by atoms with Gasteiger partial charge >= 0.3 is 0 Å². The van der Waals surface area contributed by atoms with Gasteiger partial charge in [-0.05, 0) is 38.2 Å². The summed E-state index contributed by atoms with van der Waals surface area (Å²) in [4.78, 5) is 19.7. The van der Waals surface area contributed by atoms with Gasteiger partial charge in [0, 0.05) is 23.8 Å². The average molecular weight is 292 g/mol. The van der Waals surface area contributed by atoms with Crippen LogP contribution in [0, 0.1) is 19.8 Å². The number of hydrogen-bond donors (Lipinski definition) is 2. The van der Waals surface area contributed by atoms with Crippen LogP contribution in [0.5, 0.6) is 0 Å². The fraction of sp³-hybridized carbons (Fsp3) is 0.467. The van der Waals surface area contributed by atoms with E-state index in [-0.39, 0.29) is 5.91 Å². The van der Waals surface area contributed by atoms with Crippen LogP contribution in [0.3, 0.4) is 0 Å². The molecule has 1 saturated carbocycles.